The van der Waals surface area contributed by atoms with Crippen LogP contribution in [0.15, 0.2) is 41.5 Å². The van der Waals surface area contributed by atoms with Gasteiger partial charge in [0.2, 0.25) is 0 Å². The molecule has 130 valence electrons. The molecule has 9 heteroatoms. The van der Waals surface area contributed by atoms with Crippen LogP contribution in [0.1, 0.15) is 6.23 Å². The van der Waals surface area contributed by atoms with Gasteiger partial charge in [-0.05, 0) is 12.1 Å². The Balaban J connectivity index is 1.59. The Labute approximate surface area is 138 Å². The van der Waals surface area contributed by atoms with E-state index < -0.39 is 30.2 Å². The van der Waals surface area contributed by atoms with E-state index in [1.807, 2.05) is 29.3 Å². The number of aliphatic hydroxyl groups excluding tert-OH is 2. The molecule has 0 aliphatic carbocycles. The van der Waals surface area contributed by atoms with Crippen molar-refractivity contribution in [3.8, 4) is 0 Å². The number of hydrogen-bond acceptors (Lipinski definition) is 8. The third kappa shape index (κ3) is 3.49. The molecule has 4 atom stereocenters. The molecule has 2 aliphatic rings. The van der Waals surface area contributed by atoms with Gasteiger partial charge in [0.1, 0.15) is 30.9 Å². The quantitative estimate of drug-likeness (QED) is 0.613. The molecule has 3 rings (SSSR count). The fraction of sp³-hybridized carbons (Fsp3) is 0.467. The highest BCUT2D eigenvalue weighted by Crippen LogP contribution is 2.28. The van der Waals surface area contributed by atoms with Gasteiger partial charge in [-0.3, -0.25) is 4.57 Å². The smallest absolute Gasteiger partial charge is 0.351 e. The van der Waals surface area contributed by atoms with E-state index in [1.54, 1.807) is 0 Å². The lowest BCUT2D eigenvalue weighted by Crippen LogP contribution is -2.36. The standard InChI is InChI=1S/C15H20N4O5/c16-11-4-7-19(15(22)17-11)14-13(21)12(20)10(24-14)8-23-9-18-5-2-1-3-6-18/h1-5,7,10,12-14,20-21H,6,8-9H2,(H2,16,17,22)/t10-,12-,13-,14-/m1/s1. The van der Waals surface area contributed by atoms with E-state index in [4.69, 9.17) is 15.2 Å². The van der Waals surface area contributed by atoms with Gasteiger partial charge >= 0.3 is 5.69 Å². The Kier molecular flexibility index (Phi) is 4.95. The van der Waals surface area contributed by atoms with Crippen LogP contribution in [0.25, 0.3) is 0 Å². The number of nitrogens with two attached hydrogens (primary N) is 1. The fourth-order valence-corrected chi connectivity index (χ4v) is 2.61. The molecule has 0 spiro atoms. The van der Waals surface area contributed by atoms with Gasteiger partial charge in [-0.15, -0.1) is 0 Å². The largest absolute Gasteiger partial charge is 0.387 e. The minimum Gasteiger partial charge on any atom is -0.387 e. The molecule has 3 heterocycles. The third-order valence-corrected chi connectivity index (χ3v) is 3.89. The predicted molar refractivity (Wildman–Crippen MR) is 84.6 cm³/mol. The Morgan fingerprint density at radius 3 is 2.92 bits per heavy atom. The molecule has 9 nitrogen and oxygen atoms in total. The maximum Gasteiger partial charge on any atom is 0.351 e. The van der Waals surface area contributed by atoms with Crippen molar-refractivity contribution in [3.63, 3.8) is 0 Å². The molecule has 0 bridgehead atoms. The second-order valence-corrected chi connectivity index (χ2v) is 5.63. The van der Waals surface area contributed by atoms with Crippen molar-refractivity contribution in [2.45, 2.75) is 24.5 Å². The molecule has 1 aromatic heterocycles. The molecule has 4 N–H and O–H groups in total. The van der Waals surface area contributed by atoms with Gasteiger partial charge in [0, 0.05) is 18.9 Å². The Bertz CT molecular complexity index is 689. The Morgan fingerprint density at radius 1 is 1.38 bits per heavy atom. The van der Waals surface area contributed by atoms with Crippen LogP contribution in [0, 0.1) is 0 Å². The summed E-state index contributed by atoms with van der Waals surface area (Å²) in [4.78, 5) is 17.4. The zero-order valence-corrected chi connectivity index (χ0v) is 12.9. The Hall–Kier alpha value is -2.20. The summed E-state index contributed by atoms with van der Waals surface area (Å²) in [6, 6.07) is 1.42. The summed E-state index contributed by atoms with van der Waals surface area (Å²) in [6.45, 7) is 1.15. The molecule has 1 saturated heterocycles. The highest BCUT2D eigenvalue weighted by Gasteiger charge is 2.44. The van der Waals surface area contributed by atoms with Crippen molar-refractivity contribution in [3.05, 3.63) is 47.2 Å². The summed E-state index contributed by atoms with van der Waals surface area (Å²) in [5.41, 5.74) is 4.79. The number of nitrogen functional groups attached to an aromatic ring is 1. The van der Waals surface area contributed by atoms with Crippen LogP contribution in [0.5, 0.6) is 0 Å². The fourth-order valence-electron chi connectivity index (χ4n) is 2.61. The first-order valence-corrected chi connectivity index (χ1v) is 7.57. The summed E-state index contributed by atoms with van der Waals surface area (Å²) in [5.74, 6) is 0.0767. The predicted octanol–water partition coefficient (Wildman–Crippen LogP) is -1.20. The average molecular weight is 336 g/mol. The zero-order valence-electron chi connectivity index (χ0n) is 12.9. The van der Waals surface area contributed by atoms with E-state index >= 15 is 0 Å². The maximum absolute atomic E-state index is 11.9. The van der Waals surface area contributed by atoms with E-state index in [2.05, 4.69) is 4.98 Å². The molecule has 0 unspecified atom stereocenters. The van der Waals surface area contributed by atoms with E-state index in [9.17, 15) is 15.0 Å². The second kappa shape index (κ2) is 7.14. The summed E-state index contributed by atoms with van der Waals surface area (Å²) in [6.07, 6.45) is 4.88. The highest BCUT2D eigenvalue weighted by molar-refractivity contribution is 5.23. The molecular formula is C15H20N4O5. The number of nitrogens with zero attached hydrogens (tertiary/aromatic N) is 3. The first kappa shape index (κ1) is 16.7. The van der Waals surface area contributed by atoms with E-state index in [-0.39, 0.29) is 12.4 Å². The third-order valence-electron chi connectivity index (χ3n) is 3.89. The topological polar surface area (TPSA) is 123 Å². The molecule has 0 saturated carbocycles. The minimum absolute atomic E-state index is 0.0767. The van der Waals surface area contributed by atoms with Crippen molar-refractivity contribution in [2.24, 2.45) is 0 Å². The van der Waals surface area contributed by atoms with Crippen LogP contribution in [-0.4, -0.2) is 62.9 Å². The molecule has 2 aliphatic heterocycles. The van der Waals surface area contributed by atoms with Gasteiger partial charge in [0.05, 0.1) is 6.61 Å². The summed E-state index contributed by atoms with van der Waals surface area (Å²) >= 11 is 0. The van der Waals surface area contributed by atoms with Crippen molar-refractivity contribution in [2.75, 3.05) is 25.6 Å². The number of aromatic nitrogens is 2. The number of hydrogen-bond donors (Lipinski definition) is 3. The molecule has 24 heavy (non-hydrogen) atoms. The van der Waals surface area contributed by atoms with Gasteiger partial charge in [-0.2, -0.15) is 4.98 Å². The number of aliphatic hydroxyl groups is 2. The van der Waals surface area contributed by atoms with E-state index in [1.165, 1.54) is 12.3 Å². The van der Waals surface area contributed by atoms with Gasteiger partial charge in [-0.1, -0.05) is 12.2 Å². The summed E-state index contributed by atoms with van der Waals surface area (Å²) < 4.78 is 12.2. The first-order valence-electron chi connectivity index (χ1n) is 7.57. The summed E-state index contributed by atoms with van der Waals surface area (Å²) in [7, 11) is 0. The number of rotatable bonds is 5. The minimum atomic E-state index is -1.26. The molecule has 1 aromatic rings. The normalized spacial score (nSPS) is 29.3. The first-order chi connectivity index (χ1) is 11.6. The average Bonchev–Trinajstić information content (AvgIpc) is 2.84. The lowest BCUT2D eigenvalue weighted by molar-refractivity contribution is -0.0784. The second-order valence-electron chi connectivity index (χ2n) is 5.63. The zero-order chi connectivity index (χ0) is 17.1. The van der Waals surface area contributed by atoms with Crippen LogP contribution in [0.4, 0.5) is 5.82 Å². The SMILES string of the molecule is Nc1ccn([C@@H]2O[C@H](COCN3C=CC=CC3)[C@@H](O)[C@H]2O)c(=O)n1. The van der Waals surface area contributed by atoms with E-state index in [0.717, 1.165) is 11.1 Å². The van der Waals surface area contributed by atoms with Crippen molar-refractivity contribution >= 4 is 5.82 Å². The van der Waals surface area contributed by atoms with Gasteiger partial charge in [0.25, 0.3) is 0 Å². The number of anilines is 1. The maximum atomic E-state index is 11.9. The molecule has 0 amide bonds. The van der Waals surface area contributed by atoms with Gasteiger partial charge < -0.3 is 30.3 Å². The molecular weight excluding hydrogens is 316 g/mol. The summed E-state index contributed by atoms with van der Waals surface area (Å²) in [5, 5.41) is 20.3. The molecule has 1 fully saturated rings. The number of allylic oxidation sites excluding steroid dienone is 2. The lowest BCUT2D eigenvalue weighted by Gasteiger charge is -2.22. The lowest BCUT2D eigenvalue weighted by atomic mass is 10.1. The van der Waals surface area contributed by atoms with Crippen molar-refractivity contribution < 1.29 is 19.7 Å². The van der Waals surface area contributed by atoms with Gasteiger partial charge in [-0.25, -0.2) is 4.79 Å². The van der Waals surface area contributed by atoms with Crippen molar-refractivity contribution in [1.29, 1.82) is 0 Å². The van der Waals surface area contributed by atoms with Crippen LogP contribution in [0.3, 0.4) is 0 Å². The van der Waals surface area contributed by atoms with Crippen LogP contribution < -0.4 is 11.4 Å². The van der Waals surface area contributed by atoms with Crippen LogP contribution in [0.2, 0.25) is 0 Å². The van der Waals surface area contributed by atoms with Crippen LogP contribution >= 0.6 is 0 Å². The van der Waals surface area contributed by atoms with E-state index in [0.29, 0.717) is 6.73 Å². The molecule has 0 radical (unpaired) electrons. The number of ether oxygens (including phenoxy) is 2. The van der Waals surface area contributed by atoms with Gasteiger partial charge in [0.15, 0.2) is 6.23 Å². The molecule has 0 aromatic carbocycles. The Morgan fingerprint density at radius 2 is 2.21 bits per heavy atom. The highest BCUT2D eigenvalue weighted by atomic mass is 16.6. The van der Waals surface area contributed by atoms with Crippen LogP contribution in [-0.2, 0) is 9.47 Å². The monoisotopic (exact) mass is 336 g/mol. The van der Waals surface area contributed by atoms with Crippen molar-refractivity contribution in [1.82, 2.24) is 14.5 Å².